The van der Waals surface area contributed by atoms with E-state index in [1.807, 2.05) is 4.90 Å². The third-order valence-electron chi connectivity index (χ3n) is 3.95. The van der Waals surface area contributed by atoms with Crippen molar-refractivity contribution in [1.82, 2.24) is 10.2 Å². The summed E-state index contributed by atoms with van der Waals surface area (Å²) in [4.78, 5) is 13.9. The van der Waals surface area contributed by atoms with E-state index in [-0.39, 0.29) is 18.1 Å². The molecular formula is C13H24N2O2. The van der Waals surface area contributed by atoms with Gasteiger partial charge in [-0.05, 0) is 32.1 Å². The van der Waals surface area contributed by atoms with Crippen molar-refractivity contribution >= 4 is 5.91 Å². The number of aliphatic hydroxyl groups excluding tert-OH is 1. The molecule has 2 aliphatic rings. The number of likely N-dealkylation sites (tertiary alicyclic amines) is 1. The van der Waals surface area contributed by atoms with E-state index in [0.29, 0.717) is 6.54 Å². The van der Waals surface area contributed by atoms with Crippen molar-refractivity contribution in [2.75, 3.05) is 19.6 Å². The van der Waals surface area contributed by atoms with Crippen LogP contribution in [0.4, 0.5) is 0 Å². The smallest absolute Gasteiger partial charge is 0.236 e. The van der Waals surface area contributed by atoms with Gasteiger partial charge in [-0.15, -0.1) is 0 Å². The van der Waals surface area contributed by atoms with Crippen LogP contribution in [0.2, 0.25) is 0 Å². The van der Waals surface area contributed by atoms with Gasteiger partial charge in [0, 0.05) is 19.1 Å². The van der Waals surface area contributed by atoms with Crippen LogP contribution in [-0.2, 0) is 4.79 Å². The summed E-state index contributed by atoms with van der Waals surface area (Å²) < 4.78 is 0. The molecule has 1 amide bonds. The Morgan fingerprint density at radius 2 is 1.82 bits per heavy atom. The molecule has 1 saturated heterocycles. The lowest BCUT2D eigenvalue weighted by Crippen LogP contribution is -2.48. The Labute approximate surface area is 103 Å². The Bertz CT molecular complexity index is 252. The number of carbonyl (C=O) groups is 1. The van der Waals surface area contributed by atoms with Crippen molar-refractivity contribution in [2.45, 2.75) is 57.1 Å². The third kappa shape index (κ3) is 3.68. The molecule has 0 radical (unpaired) electrons. The highest BCUT2D eigenvalue weighted by atomic mass is 16.3. The second-order valence-electron chi connectivity index (χ2n) is 5.28. The summed E-state index contributed by atoms with van der Waals surface area (Å²) in [5.41, 5.74) is 0. The van der Waals surface area contributed by atoms with Crippen LogP contribution >= 0.6 is 0 Å². The summed E-state index contributed by atoms with van der Waals surface area (Å²) in [5, 5.41) is 13.0. The SMILES string of the molecule is O=C(CNC1CCCCC1O)N1CCCCC1. The van der Waals surface area contributed by atoms with Crippen LogP contribution < -0.4 is 5.32 Å². The normalized spacial score (nSPS) is 30.3. The molecule has 4 heteroatoms. The minimum atomic E-state index is -0.266. The number of nitrogens with one attached hydrogen (secondary N) is 1. The molecule has 2 unspecified atom stereocenters. The fourth-order valence-corrected chi connectivity index (χ4v) is 2.82. The lowest BCUT2D eigenvalue weighted by Gasteiger charge is -2.31. The quantitative estimate of drug-likeness (QED) is 0.770. The van der Waals surface area contributed by atoms with Gasteiger partial charge in [0.05, 0.1) is 12.6 Å². The van der Waals surface area contributed by atoms with Gasteiger partial charge < -0.3 is 15.3 Å². The molecule has 1 aliphatic heterocycles. The zero-order valence-electron chi connectivity index (χ0n) is 10.5. The van der Waals surface area contributed by atoms with E-state index < -0.39 is 0 Å². The Morgan fingerprint density at radius 3 is 2.53 bits per heavy atom. The van der Waals surface area contributed by atoms with Crippen molar-refractivity contribution < 1.29 is 9.90 Å². The number of hydrogen-bond acceptors (Lipinski definition) is 3. The topological polar surface area (TPSA) is 52.6 Å². The maximum Gasteiger partial charge on any atom is 0.236 e. The Hall–Kier alpha value is -0.610. The summed E-state index contributed by atoms with van der Waals surface area (Å²) in [6.07, 6.45) is 7.39. The Balaban J connectivity index is 1.71. The van der Waals surface area contributed by atoms with Crippen molar-refractivity contribution in [3.8, 4) is 0 Å². The minimum absolute atomic E-state index is 0.123. The van der Waals surface area contributed by atoms with Gasteiger partial charge in [-0.2, -0.15) is 0 Å². The molecule has 4 nitrogen and oxygen atoms in total. The predicted octanol–water partition coefficient (Wildman–Crippen LogP) is 0.892. The van der Waals surface area contributed by atoms with Crippen LogP contribution in [0.3, 0.4) is 0 Å². The van der Waals surface area contributed by atoms with E-state index in [1.54, 1.807) is 0 Å². The number of carbonyl (C=O) groups excluding carboxylic acids is 1. The molecule has 1 saturated carbocycles. The van der Waals surface area contributed by atoms with E-state index in [9.17, 15) is 9.90 Å². The number of aliphatic hydroxyl groups is 1. The molecule has 17 heavy (non-hydrogen) atoms. The predicted molar refractivity (Wildman–Crippen MR) is 66.7 cm³/mol. The van der Waals surface area contributed by atoms with Crippen LogP contribution in [-0.4, -0.2) is 47.7 Å². The molecule has 1 heterocycles. The van der Waals surface area contributed by atoms with Crippen molar-refractivity contribution in [3.05, 3.63) is 0 Å². The molecule has 0 spiro atoms. The van der Waals surface area contributed by atoms with E-state index in [0.717, 1.165) is 51.6 Å². The Morgan fingerprint density at radius 1 is 1.12 bits per heavy atom. The lowest BCUT2D eigenvalue weighted by atomic mass is 9.92. The number of nitrogens with zero attached hydrogens (tertiary/aromatic N) is 1. The minimum Gasteiger partial charge on any atom is -0.392 e. The number of piperidine rings is 1. The molecule has 2 fully saturated rings. The molecule has 0 bridgehead atoms. The van der Waals surface area contributed by atoms with E-state index in [4.69, 9.17) is 0 Å². The average molecular weight is 240 g/mol. The van der Waals surface area contributed by atoms with Crippen LogP contribution in [0.15, 0.2) is 0 Å². The molecule has 0 aromatic heterocycles. The average Bonchev–Trinajstić information content (AvgIpc) is 2.38. The molecule has 0 aromatic carbocycles. The zero-order chi connectivity index (χ0) is 12.1. The highest BCUT2D eigenvalue weighted by Crippen LogP contribution is 2.18. The van der Waals surface area contributed by atoms with Crippen molar-refractivity contribution in [3.63, 3.8) is 0 Å². The highest BCUT2D eigenvalue weighted by molar-refractivity contribution is 5.78. The first-order valence-electron chi connectivity index (χ1n) is 6.96. The van der Waals surface area contributed by atoms with E-state index in [1.165, 1.54) is 6.42 Å². The van der Waals surface area contributed by atoms with Gasteiger partial charge in [0.25, 0.3) is 0 Å². The third-order valence-corrected chi connectivity index (χ3v) is 3.95. The fourth-order valence-electron chi connectivity index (χ4n) is 2.82. The van der Waals surface area contributed by atoms with Gasteiger partial charge in [-0.25, -0.2) is 0 Å². The monoisotopic (exact) mass is 240 g/mol. The molecule has 0 aromatic rings. The maximum atomic E-state index is 11.9. The number of hydrogen-bond donors (Lipinski definition) is 2. The number of amides is 1. The number of rotatable bonds is 3. The summed E-state index contributed by atoms with van der Waals surface area (Å²) >= 11 is 0. The molecular weight excluding hydrogens is 216 g/mol. The fraction of sp³-hybridized carbons (Fsp3) is 0.923. The largest absolute Gasteiger partial charge is 0.392 e. The van der Waals surface area contributed by atoms with E-state index >= 15 is 0 Å². The molecule has 2 N–H and O–H groups in total. The summed E-state index contributed by atoms with van der Waals surface area (Å²) in [5.74, 6) is 0.197. The molecule has 1 aliphatic carbocycles. The molecule has 2 rings (SSSR count). The maximum absolute atomic E-state index is 11.9. The summed E-state index contributed by atoms with van der Waals surface area (Å²) in [6, 6.07) is 0.123. The molecule has 98 valence electrons. The van der Waals surface area contributed by atoms with E-state index in [2.05, 4.69) is 5.32 Å². The van der Waals surface area contributed by atoms with Gasteiger partial charge >= 0.3 is 0 Å². The van der Waals surface area contributed by atoms with Crippen molar-refractivity contribution in [1.29, 1.82) is 0 Å². The first-order valence-corrected chi connectivity index (χ1v) is 6.96. The summed E-state index contributed by atoms with van der Waals surface area (Å²) in [6.45, 7) is 2.21. The summed E-state index contributed by atoms with van der Waals surface area (Å²) in [7, 11) is 0. The second-order valence-corrected chi connectivity index (χ2v) is 5.28. The van der Waals surface area contributed by atoms with Crippen LogP contribution in [0.5, 0.6) is 0 Å². The van der Waals surface area contributed by atoms with Crippen LogP contribution in [0.25, 0.3) is 0 Å². The first-order chi connectivity index (χ1) is 8.27. The first kappa shape index (κ1) is 12.8. The van der Waals surface area contributed by atoms with Gasteiger partial charge in [0.2, 0.25) is 5.91 Å². The van der Waals surface area contributed by atoms with Gasteiger partial charge in [0.1, 0.15) is 0 Å². The van der Waals surface area contributed by atoms with Crippen LogP contribution in [0.1, 0.15) is 44.9 Å². The van der Waals surface area contributed by atoms with Gasteiger partial charge in [-0.1, -0.05) is 12.8 Å². The van der Waals surface area contributed by atoms with Gasteiger partial charge in [0.15, 0.2) is 0 Å². The van der Waals surface area contributed by atoms with Crippen LogP contribution in [0, 0.1) is 0 Å². The highest BCUT2D eigenvalue weighted by Gasteiger charge is 2.24. The Kier molecular flexibility index (Phi) is 4.80. The standard InChI is InChI=1S/C13H24N2O2/c16-12-7-3-2-6-11(12)14-10-13(17)15-8-4-1-5-9-15/h11-12,14,16H,1-10H2. The van der Waals surface area contributed by atoms with Crippen molar-refractivity contribution in [2.24, 2.45) is 0 Å². The molecule has 2 atom stereocenters. The zero-order valence-corrected chi connectivity index (χ0v) is 10.5. The van der Waals surface area contributed by atoms with Gasteiger partial charge in [-0.3, -0.25) is 4.79 Å². The second kappa shape index (κ2) is 6.36. The lowest BCUT2D eigenvalue weighted by molar-refractivity contribution is -0.131.